The molecule has 0 atom stereocenters. The van der Waals surface area contributed by atoms with Gasteiger partial charge in [0.1, 0.15) is 23.2 Å². The first kappa shape index (κ1) is 12.4. The summed E-state index contributed by atoms with van der Waals surface area (Å²) in [5.41, 5.74) is -0.600. The van der Waals surface area contributed by atoms with Gasteiger partial charge in [0.2, 0.25) is 5.88 Å². The second kappa shape index (κ2) is 5.10. The van der Waals surface area contributed by atoms with Crippen molar-refractivity contribution in [2.45, 2.75) is 0 Å². The van der Waals surface area contributed by atoms with Crippen LogP contribution in [0, 0.1) is 17.1 Å². The molecule has 6 nitrogen and oxygen atoms in total. The number of benzene rings is 1. The number of rotatable bonds is 3. The molecule has 0 fully saturated rings. The molecule has 0 aliphatic carbocycles. The van der Waals surface area contributed by atoms with Crippen LogP contribution >= 0.6 is 0 Å². The first-order valence-corrected chi connectivity index (χ1v) is 5.03. The third-order valence-corrected chi connectivity index (χ3v) is 2.13. The Morgan fingerprint density at radius 1 is 1.42 bits per heavy atom. The van der Waals surface area contributed by atoms with E-state index in [1.54, 1.807) is 6.07 Å². The molecular formula is C12H6FN3O3. The molecule has 0 unspecified atom stereocenters. The number of nitrogens with zero attached hydrogens (tertiary/aromatic N) is 3. The zero-order valence-corrected chi connectivity index (χ0v) is 9.37. The number of carboxylic acid groups (broad SMARTS) is 1. The van der Waals surface area contributed by atoms with Crippen LogP contribution < -0.4 is 4.74 Å². The number of hydrogen-bond acceptors (Lipinski definition) is 5. The maximum atomic E-state index is 13.3. The monoisotopic (exact) mass is 259 g/mol. The minimum Gasteiger partial charge on any atom is -0.476 e. The van der Waals surface area contributed by atoms with E-state index in [4.69, 9.17) is 15.1 Å². The fourth-order valence-electron chi connectivity index (χ4n) is 1.31. The van der Waals surface area contributed by atoms with Gasteiger partial charge in [0.25, 0.3) is 0 Å². The van der Waals surface area contributed by atoms with Gasteiger partial charge in [-0.3, -0.25) is 4.98 Å². The van der Waals surface area contributed by atoms with Crippen LogP contribution in [0.25, 0.3) is 0 Å². The topological polar surface area (TPSA) is 96.1 Å². The van der Waals surface area contributed by atoms with Gasteiger partial charge in [0, 0.05) is 0 Å². The number of aromatic nitrogens is 2. The summed E-state index contributed by atoms with van der Waals surface area (Å²) in [5.74, 6) is -2.19. The van der Waals surface area contributed by atoms with Crippen molar-refractivity contribution in [1.29, 1.82) is 5.26 Å². The van der Waals surface area contributed by atoms with Gasteiger partial charge in [0.15, 0.2) is 5.69 Å². The Morgan fingerprint density at radius 2 is 2.21 bits per heavy atom. The van der Waals surface area contributed by atoms with Crippen molar-refractivity contribution in [3.8, 4) is 17.7 Å². The van der Waals surface area contributed by atoms with Crippen molar-refractivity contribution < 1.29 is 19.0 Å². The molecule has 0 amide bonds. The highest BCUT2D eigenvalue weighted by Crippen LogP contribution is 2.25. The molecule has 0 aliphatic rings. The SMILES string of the molecule is N#Cc1c(F)cccc1Oc1cncc(C(=O)O)n1. The van der Waals surface area contributed by atoms with Gasteiger partial charge in [0.05, 0.1) is 12.4 Å². The Morgan fingerprint density at radius 3 is 2.89 bits per heavy atom. The van der Waals surface area contributed by atoms with Crippen LogP contribution in [0.5, 0.6) is 11.6 Å². The van der Waals surface area contributed by atoms with Crippen LogP contribution in [0.2, 0.25) is 0 Å². The standard InChI is InChI=1S/C12H6FN3O3/c13-8-2-1-3-10(7(8)4-14)19-11-6-15-5-9(16-11)12(17)18/h1-3,5-6H,(H,17,18). The van der Waals surface area contributed by atoms with Crippen molar-refractivity contribution in [2.24, 2.45) is 0 Å². The highest BCUT2D eigenvalue weighted by Gasteiger charge is 2.12. The van der Waals surface area contributed by atoms with Gasteiger partial charge < -0.3 is 9.84 Å². The summed E-state index contributed by atoms with van der Waals surface area (Å²) in [6.45, 7) is 0. The van der Waals surface area contributed by atoms with E-state index in [1.165, 1.54) is 18.3 Å². The lowest BCUT2D eigenvalue weighted by atomic mass is 10.2. The van der Waals surface area contributed by atoms with E-state index in [0.29, 0.717) is 0 Å². The molecule has 0 radical (unpaired) electrons. The molecule has 0 aliphatic heterocycles. The lowest BCUT2D eigenvalue weighted by molar-refractivity contribution is 0.0689. The van der Waals surface area contributed by atoms with Crippen molar-refractivity contribution in [2.75, 3.05) is 0 Å². The number of hydrogen-bond donors (Lipinski definition) is 1. The van der Waals surface area contributed by atoms with Gasteiger partial charge in [-0.1, -0.05) is 6.07 Å². The minimum atomic E-state index is -1.27. The quantitative estimate of drug-likeness (QED) is 0.905. The van der Waals surface area contributed by atoms with Crippen LogP contribution in [0.1, 0.15) is 16.1 Å². The molecule has 1 heterocycles. The van der Waals surface area contributed by atoms with Gasteiger partial charge in [-0.15, -0.1) is 0 Å². The van der Waals surface area contributed by atoms with Gasteiger partial charge in [-0.2, -0.15) is 5.26 Å². The molecule has 0 bridgehead atoms. The normalized spacial score (nSPS) is 9.68. The largest absolute Gasteiger partial charge is 0.476 e. The molecule has 94 valence electrons. The first-order valence-electron chi connectivity index (χ1n) is 5.03. The Kier molecular flexibility index (Phi) is 3.34. The summed E-state index contributed by atoms with van der Waals surface area (Å²) in [7, 11) is 0. The molecule has 0 saturated heterocycles. The van der Waals surface area contributed by atoms with E-state index in [2.05, 4.69) is 9.97 Å². The van der Waals surface area contributed by atoms with Crippen LogP contribution in [0.3, 0.4) is 0 Å². The number of carboxylic acids is 1. The van der Waals surface area contributed by atoms with Crippen LogP contribution in [-0.4, -0.2) is 21.0 Å². The highest BCUT2D eigenvalue weighted by molar-refractivity contribution is 5.84. The second-order valence-corrected chi connectivity index (χ2v) is 3.37. The molecule has 2 aromatic rings. The summed E-state index contributed by atoms with van der Waals surface area (Å²) in [6.07, 6.45) is 2.21. The van der Waals surface area contributed by atoms with E-state index in [0.717, 1.165) is 12.3 Å². The molecule has 0 saturated carbocycles. The summed E-state index contributed by atoms with van der Waals surface area (Å²) in [5, 5.41) is 17.6. The Labute approximate surface area is 106 Å². The summed E-state index contributed by atoms with van der Waals surface area (Å²) in [4.78, 5) is 18.0. The summed E-state index contributed by atoms with van der Waals surface area (Å²) >= 11 is 0. The molecule has 7 heteroatoms. The van der Waals surface area contributed by atoms with Crippen LogP contribution in [0.15, 0.2) is 30.6 Å². The highest BCUT2D eigenvalue weighted by atomic mass is 19.1. The van der Waals surface area contributed by atoms with E-state index in [-0.39, 0.29) is 22.9 Å². The van der Waals surface area contributed by atoms with Gasteiger partial charge in [-0.05, 0) is 12.1 Å². The Balaban J connectivity index is 2.37. The van der Waals surface area contributed by atoms with E-state index >= 15 is 0 Å². The van der Waals surface area contributed by atoms with Crippen molar-refractivity contribution in [1.82, 2.24) is 9.97 Å². The molecule has 1 aromatic heterocycles. The molecule has 1 aromatic carbocycles. The number of carbonyl (C=O) groups is 1. The minimum absolute atomic E-state index is 0.0562. The lowest BCUT2D eigenvalue weighted by Gasteiger charge is -2.06. The lowest BCUT2D eigenvalue weighted by Crippen LogP contribution is -2.02. The molecule has 19 heavy (non-hydrogen) atoms. The molecule has 1 N–H and O–H groups in total. The maximum absolute atomic E-state index is 13.3. The van der Waals surface area contributed by atoms with Gasteiger partial charge >= 0.3 is 5.97 Å². The number of aromatic carboxylic acids is 1. The zero-order chi connectivity index (χ0) is 13.8. The predicted molar refractivity (Wildman–Crippen MR) is 60.2 cm³/mol. The molecular weight excluding hydrogens is 253 g/mol. The Hall–Kier alpha value is -3.01. The molecule has 2 rings (SSSR count). The van der Waals surface area contributed by atoms with E-state index in [9.17, 15) is 9.18 Å². The predicted octanol–water partition coefficient (Wildman–Crippen LogP) is 1.98. The average Bonchev–Trinajstić information content (AvgIpc) is 2.39. The van der Waals surface area contributed by atoms with Crippen LogP contribution in [0.4, 0.5) is 4.39 Å². The third-order valence-electron chi connectivity index (χ3n) is 2.13. The van der Waals surface area contributed by atoms with Crippen molar-refractivity contribution in [3.63, 3.8) is 0 Å². The van der Waals surface area contributed by atoms with Crippen LogP contribution in [-0.2, 0) is 0 Å². The van der Waals surface area contributed by atoms with E-state index < -0.39 is 11.8 Å². The molecule has 0 spiro atoms. The fourth-order valence-corrected chi connectivity index (χ4v) is 1.31. The second-order valence-electron chi connectivity index (χ2n) is 3.37. The summed E-state index contributed by atoms with van der Waals surface area (Å²) in [6, 6.07) is 5.51. The fraction of sp³-hybridized carbons (Fsp3) is 0. The average molecular weight is 259 g/mol. The van der Waals surface area contributed by atoms with Crippen molar-refractivity contribution in [3.05, 3.63) is 47.7 Å². The number of ether oxygens (including phenoxy) is 1. The maximum Gasteiger partial charge on any atom is 0.356 e. The number of halogens is 1. The third kappa shape index (κ3) is 2.63. The van der Waals surface area contributed by atoms with Gasteiger partial charge in [-0.25, -0.2) is 14.2 Å². The van der Waals surface area contributed by atoms with Crippen molar-refractivity contribution >= 4 is 5.97 Å². The summed E-state index contributed by atoms with van der Waals surface area (Å²) < 4.78 is 18.5. The zero-order valence-electron chi connectivity index (χ0n) is 9.37. The number of nitriles is 1. The van der Waals surface area contributed by atoms with E-state index in [1.807, 2.05) is 0 Å². The Bertz CT molecular complexity index is 682. The smallest absolute Gasteiger partial charge is 0.356 e. The first-order chi connectivity index (χ1) is 9.11.